The Morgan fingerprint density at radius 2 is 1.44 bits per heavy atom. The van der Waals surface area contributed by atoms with Crippen LogP contribution >= 0.6 is 0 Å². The Balaban J connectivity index is 2.09. The van der Waals surface area contributed by atoms with Gasteiger partial charge in [0.15, 0.2) is 0 Å². The molecule has 0 bridgehead atoms. The maximum atomic E-state index is 9.73. The molecule has 2 rings (SSSR count). The minimum absolute atomic E-state index is 0.337. The van der Waals surface area contributed by atoms with E-state index in [1.807, 2.05) is 12.1 Å². The van der Waals surface area contributed by atoms with Crippen LogP contribution in [0, 0.1) is 5.92 Å². The van der Waals surface area contributed by atoms with Crippen LogP contribution in [0.1, 0.15) is 30.5 Å². The number of nitrogens with zero attached hydrogens (tertiary/aromatic N) is 2. The highest BCUT2D eigenvalue weighted by molar-refractivity contribution is 5.27. The van der Waals surface area contributed by atoms with Crippen LogP contribution in [-0.2, 0) is 19.5 Å². The summed E-state index contributed by atoms with van der Waals surface area (Å²) in [5.74, 6) is 1.01. The SMILES string of the molecule is CC(C)Cc1cccc(CN(CCN(C)C)Cc2cccc(O)c2)c1. The summed E-state index contributed by atoms with van der Waals surface area (Å²) in [6, 6.07) is 16.5. The van der Waals surface area contributed by atoms with Crippen molar-refractivity contribution in [2.45, 2.75) is 33.4 Å². The van der Waals surface area contributed by atoms with E-state index in [0.29, 0.717) is 11.7 Å². The molecule has 0 amide bonds. The standard InChI is InChI=1S/C22H32N2O/c1-18(2)13-19-7-5-8-20(14-19)16-24(12-11-23(3)4)17-21-9-6-10-22(25)15-21/h5-10,14-15,18,25H,11-13,16-17H2,1-4H3. The van der Waals surface area contributed by atoms with Gasteiger partial charge in [-0.3, -0.25) is 4.90 Å². The molecule has 25 heavy (non-hydrogen) atoms. The van der Waals surface area contributed by atoms with E-state index in [2.05, 4.69) is 68.1 Å². The average molecular weight is 341 g/mol. The van der Waals surface area contributed by atoms with Crippen LogP contribution in [0.25, 0.3) is 0 Å². The van der Waals surface area contributed by atoms with Gasteiger partial charge in [0.1, 0.15) is 5.75 Å². The van der Waals surface area contributed by atoms with E-state index in [1.165, 1.54) is 11.1 Å². The molecule has 0 radical (unpaired) electrons. The minimum Gasteiger partial charge on any atom is -0.508 e. The zero-order valence-corrected chi connectivity index (χ0v) is 16.1. The van der Waals surface area contributed by atoms with Gasteiger partial charge in [0.05, 0.1) is 0 Å². The van der Waals surface area contributed by atoms with Gasteiger partial charge in [-0.05, 0) is 55.3 Å². The summed E-state index contributed by atoms with van der Waals surface area (Å²) in [6.45, 7) is 8.31. The summed E-state index contributed by atoms with van der Waals surface area (Å²) < 4.78 is 0. The summed E-state index contributed by atoms with van der Waals surface area (Å²) in [6.07, 6.45) is 1.12. The summed E-state index contributed by atoms with van der Waals surface area (Å²) in [4.78, 5) is 4.66. The quantitative estimate of drug-likeness (QED) is 0.743. The number of likely N-dealkylation sites (N-methyl/N-ethyl adjacent to an activating group) is 1. The first-order chi connectivity index (χ1) is 11.9. The van der Waals surface area contributed by atoms with Crippen LogP contribution in [0.3, 0.4) is 0 Å². The second-order valence-electron chi connectivity index (χ2n) is 7.60. The third-order valence-electron chi connectivity index (χ3n) is 4.22. The molecule has 3 heteroatoms. The third-order valence-corrected chi connectivity index (χ3v) is 4.22. The van der Waals surface area contributed by atoms with E-state index in [9.17, 15) is 5.11 Å². The van der Waals surface area contributed by atoms with Gasteiger partial charge in [-0.15, -0.1) is 0 Å². The average Bonchev–Trinajstić information content (AvgIpc) is 2.52. The zero-order valence-electron chi connectivity index (χ0n) is 16.1. The molecule has 0 atom stereocenters. The maximum Gasteiger partial charge on any atom is 0.115 e. The number of benzene rings is 2. The van der Waals surface area contributed by atoms with E-state index >= 15 is 0 Å². The Bertz CT molecular complexity index is 652. The zero-order chi connectivity index (χ0) is 18.2. The summed E-state index contributed by atoms with van der Waals surface area (Å²) >= 11 is 0. The Kier molecular flexibility index (Phi) is 7.48. The van der Waals surface area contributed by atoms with E-state index in [-0.39, 0.29) is 0 Å². The second kappa shape index (κ2) is 9.59. The molecule has 0 fully saturated rings. The van der Waals surface area contributed by atoms with Gasteiger partial charge in [0, 0.05) is 26.2 Å². The van der Waals surface area contributed by atoms with Crippen LogP contribution in [-0.4, -0.2) is 42.1 Å². The smallest absolute Gasteiger partial charge is 0.115 e. The van der Waals surface area contributed by atoms with Crippen molar-refractivity contribution >= 4 is 0 Å². The molecule has 0 aliphatic heterocycles. The van der Waals surface area contributed by atoms with Crippen molar-refractivity contribution in [3.05, 3.63) is 65.2 Å². The molecule has 0 spiro atoms. The van der Waals surface area contributed by atoms with E-state index < -0.39 is 0 Å². The number of phenolic OH excluding ortho intramolecular Hbond substituents is 1. The molecule has 2 aromatic rings. The fourth-order valence-electron chi connectivity index (χ4n) is 3.05. The Hall–Kier alpha value is -1.84. The lowest BCUT2D eigenvalue weighted by atomic mass is 10.0. The maximum absolute atomic E-state index is 9.73. The van der Waals surface area contributed by atoms with Crippen LogP contribution < -0.4 is 0 Å². The molecule has 1 N–H and O–H groups in total. The molecule has 0 saturated heterocycles. The van der Waals surface area contributed by atoms with Gasteiger partial charge in [0.2, 0.25) is 0 Å². The molecule has 0 saturated carbocycles. The Morgan fingerprint density at radius 1 is 0.840 bits per heavy atom. The van der Waals surface area contributed by atoms with Crippen molar-refractivity contribution in [2.75, 3.05) is 27.2 Å². The van der Waals surface area contributed by atoms with Crippen molar-refractivity contribution in [1.82, 2.24) is 9.80 Å². The van der Waals surface area contributed by atoms with Crippen LogP contribution in [0.2, 0.25) is 0 Å². The van der Waals surface area contributed by atoms with Crippen LogP contribution in [0.4, 0.5) is 0 Å². The molecule has 0 aliphatic carbocycles. The summed E-state index contributed by atoms with van der Waals surface area (Å²) in [5, 5.41) is 9.73. The highest BCUT2D eigenvalue weighted by Gasteiger charge is 2.09. The van der Waals surface area contributed by atoms with Gasteiger partial charge in [-0.25, -0.2) is 0 Å². The first-order valence-corrected chi connectivity index (χ1v) is 9.15. The molecule has 136 valence electrons. The lowest BCUT2D eigenvalue weighted by Crippen LogP contribution is -2.31. The second-order valence-corrected chi connectivity index (χ2v) is 7.60. The Morgan fingerprint density at radius 3 is 2.04 bits per heavy atom. The lowest BCUT2D eigenvalue weighted by molar-refractivity contribution is 0.226. The predicted octanol–water partition coefficient (Wildman–Crippen LogP) is 4.15. The van der Waals surface area contributed by atoms with Gasteiger partial charge in [-0.2, -0.15) is 0 Å². The fourth-order valence-corrected chi connectivity index (χ4v) is 3.05. The van der Waals surface area contributed by atoms with E-state index in [0.717, 1.165) is 38.2 Å². The number of phenols is 1. The molecule has 0 heterocycles. The van der Waals surface area contributed by atoms with Gasteiger partial charge in [-0.1, -0.05) is 50.2 Å². The van der Waals surface area contributed by atoms with Gasteiger partial charge < -0.3 is 10.0 Å². The van der Waals surface area contributed by atoms with Crippen LogP contribution in [0.15, 0.2) is 48.5 Å². The molecule has 0 aromatic heterocycles. The molecular formula is C22H32N2O. The van der Waals surface area contributed by atoms with Crippen molar-refractivity contribution in [2.24, 2.45) is 5.92 Å². The number of hydrogen-bond donors (Lipinski definition) is 1. The van der Waals surface area contributed by atoms with Crippen molar-refractivity contribution in [1.29, 1.82) is 0 Å². The first kappa shape index (κ1) is 19.5. The first-order valence-electron chi connectivity index (χ1n) is 9.15. The van der Waals surface area contributed by atoms with Crippen molar-refractivity contribution in [3.8, 4) is 5.75 Å². The lowest BCUT2D eigenvalue weighted by Gasteiger charge is -2.24. The van der Waals surface area contributed by atoms with E-state index in [4.69, 9.17) is 0 Å². The van der Waals surface area contributed by atoms with E-state index in [1.54, 1.807) is 6.07 Å². The largest absolute Gasteiger partial charge is 0.508 e. The number of hydrogen-bond acceptors (Lipinski definition) is 3. The molecule has 0 aliphatic rings. The molecule has 0 unspecified atom stereocenters. The number of aromatic hydroxyl groups is 1. The monoisotopic (exact) mass is 340 g/mol. The fraction of sp³-hybridized carbons (Fsp3) is 0.455. The van der Waals surface area contributed by atoms with Crippen molar-refractivity contribution in [3.63, 3.8) is 0 Å². The topological polar surface area (TPSA) is 26.7 Å². The molecule has 2 aromatic carbocycles. The van der Waals surface area contributed by atoms with Gasteiger partial charge >= 0.3 is 0 Å². The highest BCUT2D eigenvalue weighted by Crippen LogP contribution is 2.16. The molecule has 3 nitrogen and oxygen atoms in total. The minimum atomic E-state index is 0.337. The van der Waals surface area contributed by atoms with Gasteiger partial charge in [0.25, 0.3) is 0 Å². The molecular weight excluding hydrogens is 308 g/mol. The van der Waals surface area contributed by atoms with Crippen LogP contribution in [0.5, 0.6) is 5.75 Å². The predicted molar refractivity (Wildman–Crippen MR) is 106 cm³/mol. The Labute approximate surface area is 152 Å². The normalized spacial score (nSPS) is 11.6. The highest BCUT2D eigenvalue weighted by atomic mass is 16.3. The van der Waals surface area contributed by atoms with Crippen molar-refractivity contribution < 1.29 is 5.11 Å². The number of rotatable bonds is 9. The summed E-state index contributed by atoms with van der Waals surface area (Å²) in [7, 11) is 4.21. The summed E-state index contributed by atoms with van der Waals surface area (Å²) in [5.41, 5.74) is 3.92. The third kappa shape index (κ3) is 7.29.